The standard InChI is InChI=1S/C22H23FN2O/c1-4-15(2)25(3)22(26)21-18(14-23)20(16-10-6-5-7-11-16)17-12-8-9-13-19(17)24-21/h5-13,15H,4,14H2,1-3H3/i23-1. The highest BCUT2D eigenvalue weighted by Crippen LogP contribution is 2.34. The molecule has 0 bridgehead atoms. The number of aromatic nitrogens is 1. The average Bonchev–Trinajstić information content (AvgIpc) is 2.71. The second-order valence-electron chi connectivity index (χ2n) is 6.50. The van der Waals surface area contributed by atoms with Gasteiger partial charge in [-0.15, -0.1) is 0 Å². The van der Waals surface area contributed by atoms with Crippen molar-refractivity contribution in [1.29, 1.82) is 0 Å². The molecule has 4 heteroatoms. The molecule has 0 spiro atoms. The van der Waals surface area contributed by atoms with E-state index in [9.17, 15) is 9.18 Å². The van der Waals surface area contributed by atoms with Crippen LogP contribution < -0.4 is 0 Å². The van der Waals surface area contributed by atoms with E-state index < -0.39 is 6.67 Å². The number of fused-ring (bicyclic) bond motifs is 1. The second kappa shape index (κ2) is 7.65. The zero-order valence-electron chi connectivity index (χ0n) is 15.4. The Bertz CT molecular complexity index is 924. The van der Waals surface area contributed by atoms with E-state index in [-0.39, 0.29) is 17.6 Å². The van der Waals surface area contributed by atoms with Crippen molar-refractivity contribution in [1.82, 2.24) is 9.88 Å². The lowest BCUT2D eigenvalue weighted by molar-refractivity contribution is 0.0733. The van der Waals surface area contributed by atoms with Gasteiger partial charge in [-0.05, 0) is 30.5 Å². The fourth-order valence-electron chi connectivity index (χ4n) is 3.13. The van der Waals surface area contributed by atoms with E-state index in [2.05, 4.69) is 4.98 Å². The van der Waals surface area contributed by atoms with Crippen molar-refractivity contribution in [3.8, 4) is 11.1 Å². The van der Waals surface area contributed by atoms with Crippen molar-refractivity contribution >= 4 is 16.8 Å². The number of nitrogens with zero attached hydrogens (tertiary/aromatic N) is 2. The lowest BCUT2D eigenvalue weighted by atomic mass is 9.94. The molecule has 1 aromatic heterocycles. The highest BCUT2D eigenvalue weighted by Gasteiger charge is 2.25. The van der Waals surface area contributed by atoms with E-state index in [1.165, 1.54) is 0 Å². The molecule has 1 heterocycles. The minimum absolute atomic E-state index is 0.0587. The molecular formula is C22H23FN2O. The summed E-state index contributed by atoms with van der Waals surface area (Å²) >= 11 is 0. The zero-order chi connectivity index (χ0) is 18.7. The Morgan fingerprint density at radius 1 is 1.12 bits per heavy atom. The molecule has 0 aliphatic carbocycles. The monoisotopic (exact) mass is 349 g/mol. The summed E-state index contributed by atoms with van der Waals surface area (Å²) in [5.41, 5.74) is 2.89. The predicted octanol–water partition coefficient (Wildman–Crippen LogP) is 5.24. The molecule has 0 radical (unpaired) electrons. The van der Waals surface area contributed by atoms with Gasteiger partial charge >= 0.3 is 0 Å². The largest absolute Gasteiger partial charge is 0.338 e. The maximum absolute atomic E-state index is 14.2. The van der Waals surface area contributed by atoms with Crippen molar-refractivity contribution in [2.24, 2.45) is 0 Å². The topological polar surface area (TPSA) is 33.2 Å². The zero-order valence-corrected chi connectivity index (χ0v) is 15.4. The minimum atomic E-state index is -0.739. The number of halogens is 1. The average molecular weight is 349 g/mol. The summed E-state index contributed by atoms with van der Waals surface area (Å²) in [6.45, 7) is 3.26. The van der Waals surface area contributed by atoms with Gasteiger partial charge in [-0.2, -0.15) is 0 Å². The predicted molar refractivity (Wildman–Crippen MR) is 104 cm³/mol. The van der Waals surface area contributed by atoms with Crippen LogP contribution in [0.25, 0.3) is 22.0 Å². The number of pyridine rings is 1. The van der Waals surface area contributed by atoms with Gasteiger partial charge in [0.1, 0.15) is 12.4 Å². The molecule has 0 N–H and O–H groups in total. The van der Waals surface area contributed by atoms with Gasteiger partial charge < -0.3 is 4.90 Å². The van der Waals surface area contributed by atoms with E-state index in [1.807, 2.05) is 68.4 Å². The second-order valence-corrected chi connectivity index (χ2v) is 6.50. The number of hydrogen-bond acceptors (Lipinski definition) is 2. The van der Waals surface area contributed by atoms with Crippen molar-refractivity contribution in [3.63, 3.8) is 0 Å². The molecule has 0 aliphatic rings. The Hall–Kier alpha value is -2.75. The number of carbonyl (C=O) groups excluding carboxylic acids is 1. The van der Waals surface area contributed by atoms with Gasteiger partial charge in [0.2, 0.25) is 0 Å². The van der Waals surface area contributed by atoms with Crippen LogP contribution in [0.4, 0.5) is 4.39 Å². The van der Waals surface area contributed by atoms with Gasteiger partial charge in [0.25, 0.3) is 5.91 Å². The number of para-hydroxylation sites is 1. The van der Waals surface area contributed by atoms with E-state index in [0.29, 0.717) is 11.1 Å². The molecule has 26 heavy (non-hydrogen) atoms. The number of alkyl halides is 1. The smallest absolute Gasteiger partial charge is 0.272 e. The number of amides is 1. The number of rotatable bonds is 5. The minimum Gasteiger partial charge on any atom is -0.338 e. The fraction of sp³-hybridized carbons (Fsp3) is 0.273. The van der Waals surface area contributed by atoms with Gasteiger partial charge in [0.05, 0.1) is 5.52 Å². The molecule has 1 amide bonds. The number of carbonyl (C=O) groups is 1. The van der Waals surface area contributed by atoms with Crippen molar-refractivity contribution in [2.45, 2.75) is 33.0 Å². The summed E-state index contributed by atoms with van der Waals surface area (Å²) in [6, 6.07) is 17.3. The first-order valence-corrected chi connectivity index (χ1v) is 8.88. The molecule has 3 nitrogen and oxygen atoms in total. The van der Waals surface area contributed by atoms with E-state index >= 15 is 0 Å². The molecule has 1 unspecified atom stereocenters. The molecule has 3 rings (SSSR count). The SMILES string of the molecule is CCC(C)N(C)C(=O)c1nc2ccccc2c(-c2ccccc2)c1C[18F]. The third kappa shape index (κ3) is 3.19. The van der Waals surface area contributed by atoms with Crippen LogP contribution in [0.1, 0.15) is 36.3 Å². The first kappa shape index (κ1) is 18.1. The lowest BCUT2D eigenvalue weighted by Gasteiger charge is -2.25. The fourth-order valence-corrected chi connectivity index (χ4v) is 3.13. The molecule has 0 saturated carbocycles. The molecular weight excluding hydrogens is 326 g/mol. The van der Waals surface area contributed by atoms with Gasteiger partial charge in [-0.1, -0.05) is 55.5 Å². The van der Waals surface area contributed by atoms with E-state index in [4.69, 9.17) is 0 Å². The number of hydrogen-bond donors (Lipinski definition) is 0. The third-order valence-corrected chi connectivity index (χ3v) is 4.96. The molecule has 2 aromatic carbocycles. The maximum atomic E-state index is 14.2. The highest BCUT2D eigenvalue weighted by atomic mass is 18.2. The first-order chi connectivity index (χ1) is 12.6. The van der Waals surface area contributed by atoms with Crippen LogP contribution in [0.3, 0.4) is 0 Å². The summed E-state index contributed by atoms with van der Waals surface area (Å²) in [6.07, 6.45) is 0.826. The van der Waals surface area contributed by atoms with E-state index in [1.54, 1.807) is 11.9 Å². The van der Waals surface area contributed by atoms with Crippen LogP contribution >= 0.6 is 0 Å². The van der Waals surface area contributed by atoms with Crippen LogP contribution in [0.5, 0.6) is 0 Å². The molecule has 0 fully saturated rings. The summed E-state index contributed by atoms with van der Waals surface area (Å²) in [5.74, 6) is -0.241. The van der Waals surface area contributed by atoms with Gasteiger partial charge in [-0.25, -0.2) is 9.37 Å². The highest BCUT2D eigenvalue weighted by molar-refractivity contribution is 6.03. The van der Waals surface area contributed by atoms with Crippen molar-refractivity contribution in [3.05, 3.63) is 65.9 Å². The quantitative estimate of drug-likeness (QED) is 0.631. The number of benzene rings is 2. The molecule has 3 aromatic rings. The first-order valence-electron chi connectivity index (χ1n) is 8.88. The van der Waals surface area contributed by atoms with Crippen molar-refractivity contribution < 1.29 is 9.18 Å². The Labute approximate surface area is 153 Å². The molecule has 134 valence electrons. The summed E-state index contributed by atoms with van der Waals surface area (Å²) in [4.78, 5) is 19.2. The van der Waals surface area contributed by atoms with Crippen LogP contribution in [0.2, 0.25) is 0 Å². The normalized spacial score (nSPS) is 12.2. The van der Waals surface area contributed by atoms with Crippen LogP contribution in [-0.2, 0) is 6.67 Å². The Morgan fingerprint density at radius 3 is 2.42 bits per heavy atom. The van der Waals surface area contributed by atoms with Gasteiger partial charge in [0, 0.05) is 24.0 Å². The molecule has 0 saturated heterocycles. The third-order valence-electron chi connectivity index (χ3n) is 4.96. The molecule has 1 atom stereocenters. The lowest BCUT2D eigenvalue weighted by Crippen LogP contribution is -2.35. The van der Waals surface area contributed by atoms with Crippen molar-refractivity contribution in [2.75, 3.05) is 7.05 Å². The molecule has 0 aliphatic heterocycles. The Kier molecular flexibility index (Phi) is 5.31. The summed E-state index contributed by atoms with van der Waals surface area (Å²) in [5, 5.41) is 0.856. The summed E-state index contributed by atoms with van der Waals surface area (Å²) < 4.78 is 14.2. The Morgan fingerprint density at radius 2 is 1.77 bits per heavy atom. The van der Waals surface area contributed by atoms with Crippen LogP contribution in [0, 0.1) is 0 Å². The summed E-state index contributed by atoms with van der Waals surface area (Å²) in [7, 11) is 1.75. The van der Waals surface area contributed by atoms with Crippen LogP contribution in [-0.4, -0.2) is 28.9 Å². The van der Waals surface area contributed by atoms with Gasteiger partial charge in [0.15, 0.2) is 0 Å². The van der Waals surface area contributed by atoms with Gasteiger partial charge in [-0.3, -0.25) is 4.79 Å². The van der Waals surface area contributed by atoms with E-state index in [0.717, 1.165) is 22.9 Å². The maximum Gasteiger partial charge on any atom is 0.272 e. The Balaban J connectivity index is 2.30. The van der Waals surface area contributed by atoms with Crippen LogP contribution in [0.15, 0.2) is 54.6 Å².